The van der Waals surface area contributed by atoms with Crippen LogP contribution in [0.2, 0.25) is 0 Å². The zero-order valence-corrected chi connectivity index (χ0v) is 37.4. The van der Waals surface area contributed by atoms with Crippen LogP contribution in [0.15, 0.2) is 182 Å². The normalized spacial score (nSPS) is 17.1. The van der Waals surface area contributed by atoms with E-state index in [1.165, 1.54) is 92.1 Å². The molecule has 0 saturated heterocycles. The second kappa shape index (κ2) is 19.1. The van der Waals surface area contributed by atoms with Gasteiger partial charge in [-0.3, -0.25) is 0 Å². The molecule has 324 valence electrons. The van der Waals surface area contributed by atoms with Gasteiger partial charge in [0.25, 0.3) is 0 Å². The molecule has 0 spiro atoms. The smallest absolute Gasteiger partial charge is 0.164 e. The average molecular weight is 859 g/mol. The average Bonchev–Trinajstić information content (AvgIpc) is 3.42. The second-order valence-corrected chi connectivity index (χ2v) is 18.3. The molecule has 8 aromatic rings. The summed E-state index contributed by atoms with van der Waals surface area (Å²) in [5.41, 5.74) is 13.0. The van der Waals surface area contributed by atoms with Crippen molar-refractivity contribution in [3.8, 4) is 68.3 Å². The van der Waals surface area contributed by atoms with Crippen molar-refractivity contribution in [3.05, 3.63) is 193 Å². The molecule has 2 heterocycles. The summed E-state index contributed by atoms with van der Waals surface area (Å²) in [5.74, 6) is 5.62. The molecule has 0 bridgehead atoms. The van der Waals surface area contributed by atoms with Crippen molar-refractivity contribution in [1.29, 1.82) is 0 Å². The highest BCUT2D eigenvalue weighted by atomic mass is 15.0. The standard InChI is InChI=1S/C60H54N6/c1-7-21-41(22-8-1)51-39-54(48-34-20-36-50(38-48)60-65-57(45-29-15-5-16-30-45)62-58(66-60)46-31-17-6-18-32-46)52(42-23-9-2-10-24-42)40-53(51)47-33-19-35-49(37-47)59-63-55(43-25-11-3-12-26-43)61-56(64-59)44-27-13-4-14-28-44/h3-6,11-20,25-39,41-42,52H,1-2,7-10,21-24,40H2. The van der Waals surface area contributed by atoms with E-state index >= 15 is 0 Å². The van der Waals surface area contributed by atoms with Crippen LogP contribution < -0.4 is 0 Å². The SMILES string of the molecule is C1=C(c2cccc(-c3nc(-c4ccccc4)nc(-c4ccccc4)n3)c2)C(C2CCCCC2)CC(c2cccc(-c3nc(-c4ccccc4)nc(-c4ccccc4)n3)c2)=C1C1CCCCC1. The molecular weight excluding hydrogens is 805 g/mol. The predicted octanol–water partition coefficient (Wildman–Crippen LogP) is 15.1. The molecular formula is C60H54N6. The minimum Gasteiger partial charge on any atom is -0.208 e. The molecule has 0 amide bonds. The molecule has 2 fully saturated rings. The van der Waals surface area contributed by atoms with Crippen molar-refractivity contribution in [3.63, 3.8) is 0 Å². The monoisotopic (exact) mass is 858 g/mol. The second-order valence-electron chi connectivity index (χ2n) is 18.3. The zero-order valence-electron chi connectivity index (χ0n) is 37.4. The van der Waals surface area contributed by atoms with Gasteiger partial charge in [-0.2, -0.15) is 0 Å². The van der Waals surface area contributed by atoms with Gasteiger partial charge in [0.1, 0.15) is 0 Å². The third-order valence-electron chi connectivity index (χ3n) is 14.1. The van der Waals surface area contributed by atoms with Crippen LogP contribution in [-0.2, 0) is 0 Å². The van der Waals surface area contributed by atoms with Crippen molar-refractivity contribution in [2.24, 2.45) is 17.8 Å². The fourth-order valence-corrected chi connectivity index (χ4v) is 10.7. The lowest BCUT2D eigenvalue weighted by Gasteiger charge is -2.38. The van der Waals surface area contributed by atoms with Gasteiger partial charge in [-0.05, 0) is 89.8 Å². The van der Waals surface area contributed by atoms with Crippen LogP contribution in [0.1, 0.15) is 81.8 Å². The van der Waals surface area contributed by atoms with Gasteiger partial charge in [0, 0.05) is 33.4 Å². The highest BCUT2D eigenvalue weighted by molar-refractivity contribution is 5.85. The molecule has 2 aromatic heterocycles. The Labute approximate surface area is 388 Å². The third kappa shape index (κ3) is 8.93. The van der Waals surface area contributed by atoms with E-state index in [4.69, 9.17) is 29.9 Å². The quantitative estimate of drug-likeness (QED) is 0.136. The lowest BCUT2D eigenvalue weighted by atomic mass is 9.66. The van der Waals surface area contributed by atoms with Crippen molar-refractivity contribution < 1.29 is 0 Å². The Morgan fingerprint density at radius 2 is 0.667 bits per heavy atom. The number of benzene rings is 6. The first-order chi connectivity index (χ1) is 32.7. The fourth-order valence-electron chi connectivity index (χ4n) is 10.7. The van der Waals surface area contributed by atoms with E-state index in [2.05, 4.69) is 103 Å². The molecule has 66 heavy (non-hydrogen) atoms. The third-order valence-corrected chi connectivity index (χ3v) is 14.1. The van der Waals surface area contributed by atoms with Gasteiger partial charge in [-0.15, -0.1) is 0 Å². The minimum absolute atomic E-state index is 0.385. The van der Waals surface area contributed by atoms with E-state index < -0.39 is 0 Å². The number of rotatable bonds is 10. The first-order valence-electron chi connectivity index (χ1n) is 24.1. The molecule has 1 atom stereocenters. The maximum absolute atomic E-state index is 5.15. The summed E-state index contributed by atoms with van der Waals surface area (Å²) in [4.78, 5) is 30.6. The van der Waals surface area contributed by atoms with E-state index in [1.54, 1.807) is 0 Å². The Morgan fingerprint density at radius 1 is 0.318 bits per heavy atom. The molecule has 2 saturated carbocycles. The Hall–Kier alpha value is -7.18. The van der Waals surface area contributed by atoms with Crippen molar-refractivity contribution in [2.75, 3.05) is 0 Å². The first-order valence-corrected chi connectivity index (χ1v) is 24.1. The van der Waals surface area contributed by atoms with E-state index in [0.29, 0.717) is 52.7 Å². The lowest BCUT2D eigenvalue weighted by molar-refractivity contribution is 0.293. The maximum atomic E-state index is 5.15. The van der Waals surface area contributed by atoms with Gasteiger partial charge in [0.2, 0.25) is 0 Å². The van der Waals surface area contributed by atoms with Crippen molar-refractivity contribution in [1.82, 2.24) is 29.9 Å². The molecule has 11 rings (SSSR count). The van der Waals surface area contributed by atoms with Crippen molar-refractivity contribution in [2.45, 2.75) is 70.6 Å². The Balaban J connectivity index is 1.04. The maximum Gasteiger partial charge on any atom is 0.164 e. The van der Waals surface area contributed by atoms with E-state index in [1.807, 2.05) is 72.8 Å². The highest BCUT2D eigenvalue weighted by Gasteiger charge is 2.35. The Bertz CT molecular complexity index is 2890. The number of hydrogen-bond donors (Lipinski definition) is 0. The summed E-state index contributed by atoms with van der Waals surface area (Å²) in [5, 5.41) is 0. The highest BCUT2D eigenvalue weighted by Crippen LogP contribution is 2.50. The van der Waals surface area contributed by atoms with Crippen LogP contribution in [0.4, 0.5) is 0 Å². The summed E-state index contributed by atoms with van der Waals surface area (Å²) >= 11 is 0. The molecule has 6 aromatic carbocycles. The van der Waals surface area contributed by atoms with Crippen LogP contribution in [0, 0.1) is 17.8 Å². The van der Waals surface area contributed by atoms with Gasteiger partial charge >= 0.3 is 0 Å². The summed E-state index contributed by atoms with van der Waals surface area (Å²) < 4.78 is 0. The summed E-state index contributed by atoms with van der Waals surface area (Å²) in [6.45, 7) is 0. The van der Waals surface area contributed by atoms with E-state index in [9.17, 15) is 0 Å². The number of allylic oxidation sites excluding steroid dienone is 4. The van der Waals surface area contributed by atoms with Crippen LogP contribution in [-0.4, -0.2) is 29.9 Å². The summed E-state index contributed by atoms with van der Waals surface area (Å²) in [6.07, 6.45) is 16.4. The fraction of sp³-hybridized carbons (Fsp3) is 0.233. The molecule has 0 radical (unpaired) electrons. The summed E-state index contributed by atoms with van der Waals surface area (Å²) in [6, 6.07) is 59.2. The number of hydrogen-bond acceptors (Lipinski definition) is 6. The molecule has 6 heteroatoms. The van der Waals surface area contributed by atoms with Gasteiger partial charge in [0.05, 0.1) is 0 Å². The van der Waals surface area contributed by atoms with Crippen LogP contribution in [0.3, 0.4) is 0 Å². The molecule has 0 aliphatic heterocycles. The topological polar surface area (TPSA) is 77.3 Å². The zero-order chi connectivity index (χ0) is 44.1. The predicted molar refractivity (Wildman–Crippen MR) is 268 cm³/mol. The lowest BCUT2D eigenvalue weighted by Crippen LogP contribution is -2.24. The number of aromatic nitrogens is 6. The Kier molecular flexibility index (Phi) is 12.0. The van der Waals surface area contributed by atoms with Crippen molar-refractivity contribution >= 4 is 11.1 Å². The van der Waals surface area contributed by atoms with Gasteiger partial charge in [-0.1, -0.05) is 202 Å². The van der Waals surface area contributed by atoms with Crippen LogP contribution >= 0.6 is 0 Å². The minimum atomic E-state index is 0.385. The van der Waals surface area contributed by atoms with Gasteiger partial charge in [-0.25, -0.2) is 29.9 Å². The van der Waals surface area contributed by atoms with Crippen LogP contribution in [0.25, 0.3) is 79.5 Å². The molecule has 3 aliphatic carbocycles. The number of nitrogens with zero attached hydrogens (tertiary/aromatic N) is 6. The van der Waals surface area contributed by atoms with Crippen LogP contribution in [0.5, 0.6) is 0 Å². The molecule has 6 nitrogen and oxygen atoms in total. The molecule has 0 N–H and O–H groups in total. The molecule has 3 aliphatic rings. The molecule has 1 unspecified atom stereocenters. The van der Waals surface area contributed by atoms with E-state index in [-0.39, 0.29) is 0 Å². The first kappa shape index (κ1) is 41.5. The van der Waals surface area contributed by atoms with E-state index in [0.717, 1.165) is 39.8 Å². The Morgan fingerprint density at radius 3 is 1.11 bits per heavy atom. The van der Waals surface area contributed by atoms with Gasteiger partial charge < -0.3 is 0 Å². The largest absolute Gasteiger partial charge is 0.208 e. The van der Waals surface area contributed by atoms with Gasteiger partial charge in [0.15, 0.2) is 34.9 Å². The summed E-state index contributed by atoms with van der Waals surface area (Å²) in [7, 11) is 0.